The highest BCUT2D eigenvalue weighted by molar-refractivity contribution is 5.82. The highest BCUT2D eigenvalue weighted by Gasteiger charge is 2.32. The predicted octanol–water partition coefficient (Wildman–Crippen LogP) is 2.17. The molecular formula is C24H27FN4O2. The molecule has 0 fully saturated rings. The van der Waals surface area contributed by atoms with Gasteiger partial charge in [-0.3, -0.25) is 14.4 Å². The lowest BCUT2D eigenvalue weighted by atomic mass is 9.93. The van der Waals surface area contributed by atoms with Gasteiger partial charge < -0.3 is 10.4 Å². The number of halogens is 1. The van der Waals surface area contributed by atoms with E-state index in [2.05, 4.69) is 22.5 Å². The predicted molar refractivity (Wildman–Crippen MR) is 116 cm³/mol. The van der Waals surface area contributed by atoms with E-state index in [0.29, 0.717) is 39.0 Å². The number of β-amino-alcohol motifs (C(OH)–C–C–N with tert-alkyl or cyclic N) is 1. The number of carbonyl (C=O) groups excluding carboxylic acids is 1. The number of nitrogens with zero attached hydrogens (tertiary/aromatic N) is 3. The van der Waals surface area contributed by atoms with Crippen molar-refractivity contribution in [3.63, 3.8) is 0 Å². The van der Waals surface area contributed by atoms with Crippen molar-refractivity contribution in [2.45, 2.75) is 38.1 Å². The Bertz CT molecular complexity index is 991. The summed E-state index contributed by atoms with van der Waals surface area (Å²) in [5.74, 6) is -0.319. The molecule has 1 aromatic heterocycles. The maximum Gasteiger partial charge on any atom is 0.237 e. The summed E-state index contributed by atoms with van der Waals surface area (Å²) in [7, 11) is 0. The normalized spacial score (nSPS) is 17.2. The minimum Gasteiger partial charge on any atom is -0.390 e. The Kier molecular flexibility index (Phi) is 6.74. The summed E-state index contributed by atoms with van der Waals surface area (Å²) in [6.07, 6.45) is 4.10. The summed E-state index contributed by atoms with van der Waals surface area (Å²) >= 11 is 0. The molecule has 2 atom stereocenters. The van der Waals surface area contributed by atoms with Crippen molar-refractivity contribution >= 4 is 5.91 Å². The number of aromatic nitrogens is 2. The molecule has 1 aliphatic rings. The number of hydrogen-bond donors (Lipinski definition) is 2. The van der Waals surface area contributed by atoms with Gasteiger partial charge in [0.05, 0.1) is 18.7 Å². The van der Waals surface area contributed by atoms with Crippen LogP contribution in [0.4, 0.5) is 4.39 Å². The number of hydrogen-bond acceptors (Lipinski definition) is 4. The van der Waals surface area contributed by atoms with Crippen molar-refractivity contribution in [2.75, 3.05) is 13.1 Å². The van der Waals surface area contributed by atoms with Crippen LogP contribution in [-0.2, 0) is 30.7 Å². The number of aliphatic hydroxyl groups is 1. The van der Waals surface area contributed by atoms with E-state index < -0.39 is 6.10 Å². The summed E-state index contributed by atoms with van der Waals surface area (Å²) in [5.41, 5.74) is 3.32. The Balaban J connectivity index is 1.40. The van der Waals surface area contributed by atoms with E-state index in [4.69, 9.17) is 0 Å². The maximum atomic E-state index is 13.1. The van der Waals surface area contributed by atoms with Crippen LogP contribution in [0.5, 0.6) is 0 Å². The summed E-state index contributed by atoms with van der Waals surface area (Å²) in [4.78, 5) is 15.1. The van der Waals surface area contributed by atoms with Crippen LogP contribution in [0, 0.1) is 5.82 Å². The molecule has 0 spiro atoms. The Labute approximate surface area is 181 Å². The SMILES string of the molecule is O=C(NCCc1ccc(F)cc1)[C@@H]1Cc2ccccc2CN1C[C@H](O)Cn1cccn1. The number of rotatable bonds is 8. The van der Waals surface area contributed by atoms with Crippen LogP contribution in [-0.4, -0.2) is 50.9 Å². The van der Waals surface area contributed by atoms with Crippen molar-refractivity contribution in [3.8, 4) is 0 Å². The molecule has 1 aliphatic heterocycles. The second-order valence-electron chi connectivity index (χ2n) is 7.97. The van der Waals surface area contributed by atoms with Gasteiger partial charge in [-0.15, -0.1) is 0 Å². The van der Waals surface area contributed by atoms with Gasteiger partial charge in [0.25, 0.3) is 0 Å². The summed E-state index contributed by atoms with van der Waals surface area (Å²) < 4.78 is 14.8. The standard InChI is InChI=1S/C24H27FN4O2/c25-21-8-6-18(7-9-21)10-12-26-24(31)23-14-19-4-1-2-5-20(19)15-28(23)16-22(30)17-29-13-3-11-27-29/h1-9,11,13,22-23,30H,10,12,14-17H2,(H,26,31)/t22-,23-/m0/s1. The lowest BCUT2D eigenvalue weighted by Crippen LogP contribution is -2.52. The maximum absolute atomic E-state index is 13.1. The third-order valence-electron chi connectivity index (χ3n) is 5.68. The van der Waals surface area contributed by atoms with Crippen molar-refractivity contribution in [1.82, 2.24) is 20.0 Å². The monoisotopic (exact) mass is 422 g/mol. The first-order valence-electron chi connectivity index (χ1n) is 10.6. The van der Waals surface area contributed by atoms with Crippen LogP contribution >= 0.6 is 0 Å². The molecule has 2 aromatic carbocycles. The highest BCUT2D eigenvalue weighted by Crippen LogP contribution is 2.24. The molecule has 0 bridgehead atoms. The summed E-state index contributed by atoms with van der Waals surface area (Å²) in [5, 5.41) is 17.8. The van der Waals surface area contributed by atoms with Gasteiger partial charge in [-0.1, -0.05) is 36.4 Å². The summed E-state index contributed by atoms with van der Waals surface area (Å²) in [6.45, 7) is 1.85. The molecule has 2 heterocycles. The average Bonchev–Trinajstić information content (AvgIpc) is 3.27. The van der Waals surface area contributed by atoms with Gasteiger partial charge in [-0.05, 0) is 47.7 Å². The zero-order chi connectivity index (χ0) is 21.6. The highest BCUT2D eigenvalue weighted by atomic mass is 19.1. The molecule has 1 amide bonds. The first-order chi connectivity index (χ1) is 15.1. The zero-order valence-corrected chi connectivity index (χ0v) is 17.3. The fourth-order valence-electron chi connectivity index (χ4n) is 4.08. The second kappa shape index (κ2) is 9.85. The van der Waals surface area contributed by atoms with Gasteiger partial charge >= 0.3 is 0 Å². The molecule has 4 rings (SSSR count). The third kappa shape index (κ3) is 5.57. The number of amides is 1. The minimum atomic E-state index is -0.639. The molecule has 0 aliphatic carbocycles. The van der Waals surface area contributed by atoms with E-state index >= 15 is 0 Å². The fraction of sp³-hybridized carbons (Fsp3) is 0.333. The molecule has 6 nitrogen and oxygen atoms in total. The van der Waals surface area contributed by atoms with Gasteiger partial charge in [0.1, 0.15) is 5.82 Å². The van der Waals surface area contributed by atoms with Crippen LogP contribution in [0.15, 0.2) is 67.0 Å². The van der Waals surface area contributed by atoms with E-state index in [1.54, 1.807) is 23.0 Å². The van der Waals surface area contributed by atoms with Gasteiger partial charge in [-0.2, -0.15) is 5.10 Å². The molecule has 162 valence electrons. The van der Waals surface area contributed by atoms with E-state index in [1.165, 1.54) is 23.3 Å². The fourth-order valence-corrected chi connectivity index (χ4v) is 4.08. The van der Waals surface area contributed by atoms with E-state index in [9.17, 15) is 14.3 Å². The van der Waals surface area contributed by atoms with E-state index in [1.807, 2.05) is 29.3 Å². The average molecular weight is 423 g/mol. The Morgan fingerprint density at radius 3 is 2.65 bits per heavy atom. The first-order valence-corrected chi connectivity index (χ1v) is 10.6. The van der Waals surface area contributed by atoms with E-state index in [0.717, 1.165) is 5.56 Å². The molecule has 2 N–H and O–H groups in total. The van der Waals surface area contributed by atoms with Crippen LogP contribution in [0.25, 0.3) is 0 Å². The number of aliphatic hydroxyl groups excluding tert-OH is 1. The quantitative estimate of drug-likeness (QED) is 0.584. The summed E-state index contributed by atoms with van der Waals surface area (Å²) in [6, 6.07) is 15.9. The van der Waals surface area contributed by atoms with Crippen LogP contribution in [0.2, 0.25) is 0 Å². The molecule has 0 saturated heterocycles. The van der Waals surface area contributed by atoms with Gasteiger partial charge in [-0.25, -0.2) is 4.39 Å². The van der Waals surface area contributed by atoms with E-state index in [-0.39, 0.29) is 17.8 Å². The van der Waals surface area contributed by atoms with Crippen molar-refractivity contribution in [3.05, 3.63) is 89.5 Å². The van der Waals surface area contributed by atoms with Gasteiger partial charge in [0.15, 0.2) is 0 Å². The largest absolute Gasteiger partial charge is 0.390 e. The minimum absolute atomic E-state index is 0.0529. The van der Waals surface area contributed by atoms with Crippen LogP contribution in [0.3, 0.4) is 0 Å². The van der Waals surface area contributed by atoms with Gasteiger partial charge in [0.2, 0.25) is 5.91 Å². The lowest BCUT2D eigenvalue weighted by Gasteiger charge is -2.37. The lowest BCUT2D eigenvalue weighted by molar-refractivity contribution is -0.127. The van der Waals surface area contributed by atoms with Gasteiger partial charge in [0, 0.05) is 32.0 Å². The van der Waals surface area contributed by atoms with Crippen molar-refractivity contribution in [1.29, 1.82) is 0 Å². The van der Waals surface area contributed by atoms with Crippen molar-refractivity contribution < 1.29 is 14.3 Å². The third-order valence-corrected chi connectivity index (χ3v) is 5.68. The Morgan fingerprint density at radius 2 is 1.90 bits per heavy atom. The molecule has 0 unspecified atom stereocenters. The zero-order valence-electron chi connectivity index (χ0n) is 17.3. The molecule has 0 radical (unpaired) electrons. The Morgan fingerprint density at radius 1 is 1.13 bits per heavy atom. The number of nitrogens with one attached hydrogen (secondary N) is 1. The first kappa shape index (κ1) is 21.2. The van der Waals surface area contributed by atoms with Crippen LogP contribution in [0.1, 0.15) is 16.7 Å². The van der Waals surface area contributed by atoms with Crippen LogP contribution < -0.4 is 5.32 Å². The molecule has 31 heavy (non-hydrogen) atoms. The smallest absolute Gasteiger partial charge is 0.237 e. The van der Waals surface area contributed by atoms with Crippen molar-refractivity contribution in [2.24, 2.45) is 0 Å². The molecule has 3 aromatic rings. The topological polar surface area (TPSA) is 70.4 Å². The molecule has 7 heteroatoms. The number of carbonyl (C=O) groups is 1. The molecular weight excluding hydrogens is 395 g/mol. The second-order valence-corrected chi connectivity index (χ2v) is 7.97. The molecule has 0 saturated carbocycles. The number of benzene rings is 2. The Hall–Kier alpha value is -3.03. The number of fused-ring (bicyclic) bond motifs is 1.